The van der Waals surface area contributed by atoms with E-state index >= 15 is 0 Å². The van der Waals surface area contributed by atoms with Crippen LogP contribution in [0.25, 0.3) is 0 Å². The number of aromatic nitrogens is 2. The summed E-state index contributed by atoms with van der Waals surface area (Å²) in [5.74, 6) is 0.627. The molecular formula is C19H20N4O3S. The molecule has 3 aromatic rings. The first-order chi connectivity index (χ1) is 13.1. The molecule has 1 atom stereocenters. The van der Waals surface area contributed by atoms with Gasteiger partial charge in [0.15, 0.2) is 10.9 Å². The van der Waals surface area contributed by atoms with Crippen molar-refractivity contribution in [2.75, 3.05) is 7.05 Å². The SMILES string of the molecule is CNC(=O)C(NC(=O)c1ccc(CSc2nccn2C)o1)c1ccccc1. The van der Waals surface area contributed by atoms with Gasteiger partial charge in [-0.2, -0.15) is 0 Å². The third kappa shape index (κ3) is 4.59. The first-order valence-corrected chi connectivity index (χ1v) is 9.33. The third-order valence-corrected chi connectivity index (χ3v) is 5.00. The number of amides is 2. The fourth-order valence-corrected chi connectivity index (χ4v) is 3.32. The van der Waals surface area contributed by atoms with Crippen LogP contribution in [-0.4, -0.2) is 28.4 Å². The molecule has 8 heteroatoms. The molecule has 2 heterocycles. The molecule has 2 aromatic heterocycles. The molecule has 0 spiro atoms. The monoisotopic (exact) mass is 384 g/mol. The Balaban J connectivity index is 1.67. The molecule has 0 fully saturated rings. The lowest BCUT2D eigenvalue weighted by molar-refractivity contribution is -0.122. The summed E-state index contributed by atoms with van der Waals surface area (Å²) in [6, 6.07) is 11.6. The molecule has 0 radical (unpaired) electrons. The maximum Gasteiger partial charge on any atom is 0.287 e. The summed E-state index contributed by atoms with van der Waals surface area (Å²) in [5, 5.41) is 6.16. The highest BCUT2D eigenvalue weighted by Crippen LogP contribution is 2.22. The molecule has 7 nitrogen and oxygen atoms in total. The van der Waals surface area contributed by atoms with Gasteiger partial charge in [-0.15, -0.1) is 0 Å². The fraction of sp³-hybridized carbons (Fsp3) is 0.211. The summed E-state index contributed by atoms with van der Waals surface area (Å²) in [4.78, 5) is 29.0. The average molecular weight is 384 g/mol. The summed E-state index contributed by atoms with van der Waals surface area (Å²) >= 11 is 1.51. The number of likely N-dealkylation sites (N-methyl/N-ethyl adjacent to an activating group) is 1. The van der Waals surface area contributed by atoms with Gasteiger partial charge in [0.1, 0.15) is 11.8 Å². The van der Waals surface area contributed by atoms with Crippen molar-refractivity contribution in [1.82, 2.24) is 20.2 Å². The average Bonchev–Trinajstić information content (AvgIpc) is 3.33. The van der Waals surface area contributed by atoms with Gasteiger partial charge in [-0.3, -0.25) is 9.59 Å². The minimum atomic E-state index is -0.792. The van der Waals surface area contributed by atoms with Crippen molar-refractivity contribution in [2.45, 2.75) is 17.0 Å². The highest BCUT2D eigenvalue weighted by Gasteiger charge is 2.23. The van der Waals surface area contributed by atoms with Gasteiger partial charge in [0.05, 0.1) is 5.75 Å². The zero-order valence-electron chi connectivity index (χ0n) is 15.0. The zero-order chi connectivity index (χ0) is 19.2. The summed E-state index contributed by atoms with van der Waals surface area (Å²) in [6.45, 7) is 0. The predicted molar refractivity (Wildman–Crippen MR) is 102 cm³/mol. The molecule has 0 saturated heterocycles. The van der Waals surface area contributed by atoms with Gasteiger partial charge in [0.2, 0.25) is 5.91 Å². The Hall–Kier alpha value is -3.00. The molecule has 3 rings (SSSR count). The second-order valence-electron chi connectivity index (χ2n) is 5.81. The van der Waals surface area contributed by atoms with Gasteiger partial charge in [0.25, 0.3) is 5.91 Å². The van der Waals surface area contributed by atoms with Crippen LogP contribution in [0.1, 0.15) is 27.9 Å². The van der Waals surface area contributed by atoms with Crippen molar-refractivity contribution in [1.29, 1.82) is 0 Å². The van der Waals surface area contributed by atoms with E-state index in [2.05, 4.69) is 15.6 Å². The van der Waals surface area contributed by atoms with Crippen LogP contribution in [0.15, 0.2) is 64.4 Å². The van der Waals surface area contributed by atoms with Crippen LogP contribution in [0.2, 0.25) is 0 Å². The Kier molecular flexibility index (Phi) is 5.97. The van der Waals surface area contributed by atoms with Crippen molar-refractivity contribution in [2.24, 2.45) is 7.05 Å². The number of benzene rings is 1. The molecular weight excluding hydrogens is 364 g/mol. The number of carbonyl (C=O) groups is 2. The van der Waals surface area contributed by atoms with E-state index in [0.29, 0.717) is 17.1 Å². The molecule has 0 saturated carbocycles. The lowest BCUT2D eigenvalue weighted by Crippen LogP contribution is -2.38. The molecule has 1 unspecified atom stereocenters. The van der Waals surface area contributed by atoms with Gasteiger partial charge in [-0.1, -0.05) is 42.1 Å². The molecule has 2 amide bonds. The maximum atomic E-state index is 12.5. The Bertz CT molecular complexity index is 920. The van der Waals surface area contributed by atoms with Gasteiger partial charge in [0, 0.05) is 26.5 Å². The number of rotatable bonds is 7. The number of imidazole rings is 1. The highest BCUT2D eigenvalue weighted by atomic mass is 32.2. The van der Waals surface area contributed by atoms with E-state index in [1.54, 1.807) is 30.5 Å². The lowest BCUT2D eigenvalue weighted by atomic mass is 10.1. The lowest BCUT2D eigenvalue weighted by Gasteiger charge is -2.16. The third-order valence-electron chi connectivity index (χ3n) is 3.92. The highest BCUT2D eigenvalue weighted by molar-refractivity contribution is 7.98. The van der Waals surface area contributed by atoms with Gasteiger partial charge >= 0.3 is 0 Å². The van der Waals surface area contributed by atoms with Crippen LogP contribution in [-0.2, 0) is 17.6 Å². The van der Waals surface area contributed by atoms with Crippen LogP contribution in [0, 0.1) is 0 Å². The number of nitrogens with one attached hydrogen (secondary N) is 2. The Morgan fingerprint density at radius 2 is 2.00 bits per heavy atom. The quantitative estimate of drug-likeness (QED) is 0.611. The smallest absolute Gasteiger partial charge is 0.287 e. The summed E-state index contributed by atoms with van der Waals surface area (Å²) in [5.41, 5.74) is 0.697. The number of hydrogen-bond donors (Lipinski definition) is 2. The van der Waals surface area contributed by atoms with Crippen molar-refractivity contribution < 1.29 is 14.0 Å². The van der Waals surface area contributed by atoms with E-state index in [4.69, 9.17) is 4.42 Å². The first kappa shape index (κ1) is 18.8. The molecule has 27 heavy (non-hydrogen) atoms. The van der Waals surface area contributed by atoms with Crippen LogP contribution in [0.5, 0.6) is 0 Å². The van der Waals surface area contributed by atoms with Crippen LogP contribution >= 0.6 is 11.8 Å². The largest absolute Gasteiger partial charge is 0.455 e. The fourth-order valence-electron chi connectivity index (χ4n) is 2.50. The van der Waals surface area contributed by atoms with E-state index in [1.165, 1.54) is 18.8 Å². The number of carbonyl (C=O) groups excluding carboxylic acids is 2. The Labute approximate surface area is 161 Å². The van der Waals surface area contributed by atoms with Gasteiger partial charge in [-0.05, 0) is 17.7 Å². The number of nitrogens with zero attached hydrogens (tertiary/aromatic N) is 2. The molecule has 1 aromatic carbocycles. The minimum Gasteiger partial charge on any atom is -0.455 e. The van der Waals surface area contributed by atoms with Crippen LogP contribution < -0.4 is 10.6 Å². The van der Waals surface area contributed by atoms with Gasteiger partial charge < -0.3 is 19.6 Å². The van der Waals surface area contributed by atoms with E-state index in [9.17, 15) is 9.59 Å². The summed E-state index contributed by atoms with van der Waals surface area (Å²) in [6.07, 6.45) is 3.59. The molecule has 140 valence electrons. The zero-order valence-corrected chi connectivity index (χ0v) is 15.8. The second kappa shape index (κ2) is 8.59. The number of aryl methyl sites for hydroxylation is 1. The van der Waals surface area contributed by atoms with Crippen molar-refractivity contribution in [3.8, 4) is 0 Å². The molecule has 0 aliphatic heterocycles. The molecule has 0 bridgehead atoms. The first-order valence-electron chi connectivity index (χ1n) is 8.34. The Morgan fingerprint density at radius 3 is 2.67 bits per heavy atom. The standard InChI is InChI=1S/C19H20N4O3S/c1-20-18(25)16(13-6-4-3-5-7-13)22-17(24)15-9-8-14(26-15)12-27-19-21-10-11-23(19)2/h3-11,16H,12H2,1-2H3,(H,20,25)(H,22,24). The van der Waals surface area contributed by atoms with E-state index in [0.717, 1.165) is 5.16 Å². The van der Waals surface area contributed by atoms with Crippen LogP contribution in [0.4, 0.5) is 0 Å². The van der Waals surface area contributed by atoms with Crippen molar-refractivity contribution in [3.63, 3.8) is 0 Å². The molecule has 0 aliphatic rings. The van der Waals surface area contributed by atoms with E-state index < -0.39 is 11.9 Å². The number of hydrogen-bond acceptors (Lipinski definition) is 5. The second-order valence-corrected chi connectivity index (χ2v) is 6.75. The molecule has 0 aliphatic carbocycles. The number of thioether (sulfide) groups is 1. The summed E-state index contributed by atoms with van der Waals surface area (Å²) in [7, 11) is 3.45. The predicted octanol–water partition coefficient (Wildman–Crippen LogP) is 2.52. The van der Waals surface area contributed by atoms with Crippen molar-refractivity contribution >= 4 is 23.6 Å². The normalized spacial score (nSPS) is 11.8. The van der Waals surface area contributed by atoms with Crippen molar-refractivity contribution in [3.05, 3.63) is 71.9 Å². The Morgan fingerprint density at radius 1 is 1.22 bits per heavy atom. The molecule has 2 N–H and O–H groups in total. The van der Waals surface area contributed by atoms with Gasteiger partial charge in [-0.25, -0.2) is 4.98 Å². The minimum absolute atomic E-state index is 0.162. The maximum absolute atomic E-state index is 12.5. The van der Waals surface area contributed by atoms with E-state index in [1.807, 2.05) is 36.0 Å². The summed E-state index contributed by atoms with van der Waals surface area (Å²) < 4.78 is 7.54. The van der Waals surface area contributed by atoms with Crippen LogP contribution in [0.3, 0.4) is 0 Å². The topological polar surface area (TPSA) is 89.2 Å². The van der Waals surface area contributed by atoms with E-state index in [-0.39, 0.29) is 11.7 Å². The number of furan rings is 1.